The summed E-state index contributed by atoms with van der Waals surface area (Å²) in [5.41, 5.74) is 3.02. The van der Waals surface area contributed by atoms with E-state index < -0.39 is 24.0 Å². The van der Waals surface area contributed by atoms with Crippen LogP contribution in [0.4, 0.5) is 11.4 Å². The molecular weight excluding hydrogens is 460 g/mol. The van der Waals surface area contributed by atoms with Crippen molar-refractivity contribution in [2.75, 3.05) is 31.3 Å². The van der Waals surface area contributed by atoms with Crippen molar-refractivity contribution in [3.8, 4) is 17.2 Å². The van der Waals surface area contributed by atoms with E-state index in [0.717, 1.165) is 12.0 Å². The summed E-state index contributed by atoms with van der Waals surface area (Å²) < 4.78 is 16.7. The fourth-order valence-corrected chi connectivity index (χ4v) is 4.95. The predicted molar refractivity (Wildman–Crippen MR) is 134 cm³/mol. The molecule has 186 valence electrons. The van der Waals surface area contributed by atoms with Gasteiger partial charge in [-0.25, -0.2) is 9.96 Å². The van der Waals surface area contributed by atoms with Crippen LogP contribution >= 0.6 is 0 Å². The second-order valence-electron chi connectivity index (χ2n) is 8.64. The molecule has 5 rings (SSSR count). The van der Waals surface area contributed by atoms with Gasteiger partial charge in [-0.2, -0.15) is 0 Å². The van der Waals surface area contributed by atoms with Gasteiger partial charge in [-0.15, -0.1) is 0 Å². The molecule has 0 aromatic heterocycles. The fourth-order valence-electron chi connectivity index (χ4n) is 4.95. The van der Waals surface area contributed by atoms with Crippen molar-refractivity contribution >= 4 is 23.2 Å². The summed E-state index contributed by atoms with van der Waals surface area (Å²) in [6.07, 6.45) is -0.115. The lowest BCUT2D eigenvalue weighted by Crippen LogP contribution is -2.37. The number of hydrogen-bond acceptors (Lipinski definition) is 7. The van der Waals surface area contributed by atoms with Gasteiger partial charge in [0.15, 0.2) is 17.6 Å². The maximum absolute atomic E-state index is 13.9. The van der Waals surface area contributed by atoms with Crippen molar-refractivity contribution in [1.29, 1.82) is 0 Å². The summed E-state index contributed by atoms with van der Waals surface area (Å²) in [5, 5.41) is 1.63. The molecule has 0 aliphatic carbocycles. The molecule has 0 unspecified atom stereocenters. The zero-order valence-corrected chi connectivity index (χ0v) is 20.6. The number of ether oxygens (including phenoxy) is 3. The lowest BCUT2D eigenvalue weighted by molar-refractivity contribution is -0.126. The highest BCUT2D eigenvalue weighted by Gasteiger charge is 2.60. The Morgan fingerprint density at radius 1 is 0.778 bits per heavy atom. The number of rotatable bonds is 7. The molecule has 8 heteroatoms. The molecule has 0 N–H and O–H groups in total. The number of carbonyl (C=O) groups is 2. The van der Waals surface area contributed by atoms with Crippen LogP contribution in [0.25, 0.3) is 0 Å². The summed E-state index contributed by atoms with van der Waals surface area (Å²) in [7, 11) is 4.64. The Kier molecular flexibility index (Phi) is 6.28. The number of imide groups is 1. The van der Waals surface area contributed by atoms with Gasteiger partial charge in [0.1, 0.15) is 17.7 Å². The minimum Gasteiger partial charge on any atom is -0.496 e. The third kappa shape index (κ3) is 3.74. The van der Waals surface area contributed by atoms with Gasteiger partial charge >= 0.3 is 0 Å². The highest BCUT2D eigenvalue weighted by atomic mass is 16.7. The number of methoxy groups -OCH3 is 3. The van der Waals surface area contributed by atoms with E-state index in [1.54, 1.807) is 50.7 Å². The summed E-state index contributed by atoms with van der Waals surface area (Å²) in [6.45, 7) is 2.05. The van der Waals surface area contributed by atoms with Crippen molar-refractivity contribution in [1.82, 2.24) is 0 Å². The SMILES string of the molecule is CCc1ccc(N2C(=O)[C@H]3[C@@H](ON(c4ccccc4)[C@H]3c3cc(OC)c(OC)cc3OC)C2=O)cc1. The van der Waals surface area contributed by atoms with Gasteiger partial charge < -0.3 is 14.2 Å². The Labute approximate surface area is 209 Å². The molecule has 2 heterocycles. The number of fused-ring (bicyclic) bond motifs is 1. The molecule has 2 aliphatic heterocycles. The zero-order valence-electron chi connectivity index (χ0n) is 20.6. The maximum Gasteiger partial charge on any atom is 0.266 e. The number of carbonyl (C=O) groups excluding carboxylic acids is 2. The number of benzene rings is 3. The molecule has 36 heavy (non-hydrogen) atoms. The summed E-state index contributed by atoms with van der Waals surface area (Å²) in [5.74, 6) is -0.0455. The molecule has 2 fully saturated rings. The van der Waals surface area contributed by atoms with Gasteiger partial charge in [-0.3, -0.25) is 14.4 Å². The van der Waals surface area contributed by atoms with Crippen LogP contribution in [-0.2, 0) is 20.8 Å². The highest BCUT2D eigenvalue weighted by molar-refractivity contribution is 6.24. The van der Waals surface area contributed by atoms with Crippen molar-refractivity contribution in [2.45, 2.75) is 25.5 Å². The number of aryl methyl sites for hydroxylation is 1. The van der Waals surface area contributed by atoms with Crippen LogP contribution in [0.2, 0.25) is 0 Å². The van der Waals surface area contributed by atoms with Crippen LogP contribution in [-0.4, -0.2) is 39.2 Å². The van der Waals surface area contributed by atoms with Gasteiger partial charge in [-0.1, -0.05) is 37.3 Å². The molecular formula is C28H28N2O6. The molecule has 2 saturated heterocycles. The molecule has 2 amide bonds. The number of para-hydroxylation sites is 1. The second-order valence-corrected chi connectivity index (χ2v) is 8.64. The minimum atomic E-state index is -0.980. The molecule has 8 nitrogen and oxygen atoms in total. The lowest BCUT2D eigenvalue weighted by atomic mass is 9.89. The van der Waals surface area contributed by atoms with Crippen molar-refractivity contribution in [3.63, 3.8) is 0 Å². The van der Waals surface area contributed by atoms with Gasteiger partial charge in [0.05, 0.1) is 32.7 Å². The first-order valence-corrected chi connectivity index (χ1v) is 11.8. The van der Waals surface area contributed by atoms with E-state index in [0.29, 0.717) is 34.2 Å². The monoisotopic (exact) mass is 488 g/mol. The molecule has 0 saturated carbocycles. The Morgan fingerprint density at radius 2 is 1.42 bits per heavy atom. The summed E-state index contributed by atoms with van der Waals surface area (Å²) in [6, 6.07) is 19.7. The molecule has 3 aromatic rings. The lowest BCUT2D eigenvalue weighted by Gasteiger charge is -2.30. The topological polar surface area (TPSA) is 77.5 Å². The Bertz CT molecular complexity index is 1280. The molecule has 2 aliphatic rings. The average molecular weight is 489 g/mol. The van der Waals surface area contributed by atoms with Crippen LogP contribution in [0.5, 0.6) is 17.2 Å². The van der Waals surface area contributed by atoms with Crippen LogP contribution < -0.4 is 24.2 Å². The number of nitrogens with zero attached hydrogens (tertiary/aromatic N) is 2. The van der Waals surface area contributed by atoms with E-state index in [9.17, 15) is 9.59 Å². The smallest absolute Gasteiger partial charge is 0.266 e. The van der Waals surface area contributed by atoms with E-state index in [2.05, 4.69) is 6.92 Å². The predicted octanol–water partition coefficient (Wildman–Crippen LogP) is 4.33. The number of amides is 2. The van der Waals surface area contributed by atoms with E-state index >= 15 is 0 Å². The maximum atomic E-state index is 13.9. The van der Waals surface area contributed by atoms with Gasteiger partial charge in [0.25, 0.3) is 5.91 Å². The highest BCUT2D eigenvalue weighted by Crippen LogP contribution is 2.51. The summed E-state index contributed by atoms with van der Waals surface area (Å²) in [4.78, 5) is 34.9. The van der Waals surface area contributed by atoms with Crippen molar-refractivity contribution < 1.29 is 28.6 Å². The van der Waals surface area contributed by atoms with Crippen LogP contribution in [0.1, 0.15) is 24.1 Å². The third-order valence-corrected chi connectivity index (χ3v) is 6.78. The number of hydrogen-bond donors (Lipinski definition) is 0. The standard InChI is InChI=1S/C28H28N2O6/c1-5-17-11-13-18(14-12-17)29-27(31)24-25(20-15-22(34-3)23(35-4)16-21(20)33-2)30(36-26(24)28(29)32)19-9-7-6-8-10-19/h6-16,24-26H,5H2,1-4H3/t24-,25+,26-/m1/s1. The summed E-state index contributed by atoms with van der Waals surface area (Å²) >= 11 is 0. The van der Waals surface area contributed by atoms with Crippen LogP contribution in [0.3, 0.4) is 0 Å². The van der Waals surface area contributed by atoms with E-state index in [1.807, 2.05) is 42.5 Å². The molecule has 3 atom stereocenters. The third-order valence-electron chi connectivity index (χ3n) is 6.78. The van der Waals surface area contributed by atoms with E-state index in [-0.39, 0.29) is 5.91 Å². The average Bonchev–Trinajstić information content (AvgIpc) is 3.43. The van der Waals surface area contributed by atoms with E-state index in [1.165, 1.54) is 4.90 Å². The fraction of sp³-hybridized carbons (Fsp3) is 0.286. The van der Waals surface area contributed by atoms with Crippen LogP contribution in [0, 0.1) is 5.92 Å². The van der Waals surface area contributed by atoms with Crippen LogP contribution in [0.15, 0.2) is 66.7 Å². The van der Waals surface area contributed by atoms with Gasteiger partial charge in [0.2, 0.25) is 5.91 Å². The zero-order chi connectivity index (χ0) is 25.4. The van der Waals surface area contributed by atoms with Gasteiger partial charge in [0, 0.05) is 11.6 Å². The Morgan fingerprint density at radius 3 is 2.03 bits per heavy atom. The largest absolute Gasteiger partial charge is 0.496 e. The Hall–Kier alpha value is -4.04. The minimum absolute atomic E-state index is 0.325. The van der Waals surface area contributed by atoms with Crippen molar-refractivity contribution in [3.05, 3.63) is 77.9 Å². The molecule has 0 spiro atoms. The van der Waals surface area contributed by atoms with Crippen molar-refractivity contribution in [2.24, 2.45) is 5.92 Å². The normalized spacial score (nSPS) is 21.1. The first kappa shape index (κ1) is 23.7. The first-order valence-electron chi connectivity index (χ1n) is 11.8. The Balaban J connectivity index is 1.63. The molecule has 3 aromatic carbocycles. The quantitative estimate of drug-likeness (QED) is 0.458. The molecule has 0 radical (unpaired) electrons. The first-order chi connectivity index (χ1) is 17.5. The second kappa shape index (κ2) is 9.54. The number of hydroxylamine groups is 1. The van der Waals surface area contributed by atoms with E-state index in [4.69, 9.17) is 19.0 Å². The number of anilines is 2. The molecule has 0 bridgehead atoms. The van der Waals surface area contributed by atoms with Gasteiger partial charge in [-0.05, 0) is 42.3 Å².